The van der Waals surface area contributed by atoms with E-state index >= 15 is 0 Å². The molecule has 0 saturated carbocycles. The van der Waals surface area contributed by atoms with Crippen LogP contribution in [0.3, 0.4) is 0 Å². The van der Waals surface area contributed by atoms with Gasteiger partial charge in [-0.2, -0.15) is 4.31 Å². The quantitative estimate of drug-likeness (QED) is 0.904. The molecule has 0 radical (unpaired) electrons. The van der Waals surface area contributed by atoms with Crippen molar-refractivity contribution in [2.24, 2.45) is 0 Å². The lowest BCUT2D eigenvalue weighted by Gasteiger charge is -2.33. The Hall–Kier alpha value is -0.920. The van der Waals surface area contributed by atoms with Crippen LogP contribution in [-0.4, -0.2) is 35.9 Å². The summed E-state index contributed by atoms with van der Waals surface area (Å²) in [5.74, 6) is -1.04. The fourth-order valence-corrected chi connectivity index (χ4v) is 5.64. The van der Waals surface area contributed by atoms with Gasteiger partial charge in [-0.05, 0) is 30.7 Å². The van der Waals surface area contributed by atoms with E-state index in [9.17, 15) is 18.3 Å². The molecule has 1 saturated heterocycles. The van der Waals surface area contributed by atoms with Crippen LogP contribution >= 0.6 is 11.3 Å². The second-order valence-electron chi connectivity index (χ2n) is 4.70. The summed E-state index contributed by atoms with van der Waals surface area (Å²) in [6.07, 6.45) is 1.98. The van der Waals surface area contributed by atoms with Crippen molar-refractivity contribution >= 4 is 27.3 Å². The first kappa shape index (κ1) is 14.5. The fraction of sp³-hybridized carbons (Fsp3) is 0.583. The highest BCUT2D eigenvalue weighted by Gasteiger charge is 2.52. The third-order valence-corrected chi connectivity index (χ3v) is 6.87. The average Bonchev–Trinajstić information content (AvgIpc) is 2.99. The van der Waals surface area contributed by atoms with Crippen LogP contribution in [0, 0.1) is 0 Å². The minimum absolute atomic E-state index is 0.219. The van der Waals surface area contributed by atoms with Crippen molar-refractivity contribution in [3.05, 3.63) is 17.5 Å². The zero-order valence-electron chi connectivity index (χ0n) is 10.7. The number of rotatable bonds is 5. The van der Waals surface area contributed by atoms with Gasteiger partial charge < -0.3 is 5.11 Å². The molecule has 1 aliphatic rings. The van der Waals surface area contributed by atoms with Crippen molar-refractivity contribution in [3.8, 4) is 0 Å². The van der Waals surface area contributed by atoms with Crippen molar-refractivity contribution in [1.82, 2.24) is 4.31 Å². The number of sulfonamides is 1. The van der Waals surface area contributed by atoms with Crippen LogP contribution in [0.5, 0.6) is 0 Å². The molecule has 19 heavy (non-hydrogen) atoms. The molecule has 1 aromatic rings. The Kier molecular flexibility index (Phi) is 3.98. The van der Waals surface area contributed by atoms with E-state index in [1.807, 2.05) is 6.92 Å². The van der Waals surface area contributed by atoms with Crippen molar-refractivity contribution in [2.45, 2.75) is 42.4 Å². The molecule has 1 atom stereocenters. The number of hydrogen-bond acceptors (Lipinski definition) is 4. The first-order valence-electron chi connectivity index (χ1n) is 6.25. The molecule has 0 aromatic carbocycles. The van der Waals surface area contributed by atoms with Crippen LogP contribution in [0.2, 0.25) is 0 Å². The van der Waals surface area contributed by atoms with Crippen LogP contribution in [0.25, 0.3) is 0 Å². The molecule has 1 unspecified atom stereocenters. The van der Waals surface area contributed by atoms with Crippen LogP contribution in [0.1, 0.15) is 32.6 Å². The Morgan fingerprint density at radius 2 is 2.32 bits per heavy atom. The number of nitrogens with zero attached hydrogens (tertiary/aromatic N) is 1. The molecule has 1 N–H and O–H groups in total. The van der Waals surface area contributed by atoms with Gasteiger partial charge in [-0.3, -0.25) is 4.79 Å². The van der Waals surface area contributed by atoms with E-state index in [4.69, 9.17) is 0 Å². The summed E-state index contributed by atoms with van der Waals surface area (Å²) in [7, 11) is -3.70. The number of aliphatic carboxylic acids is 1. The number of thiophene rings is 1. The molecule has 2 heterocycles. The van der Waals surface area contributed by atoms with E-state index in [0.29, 0.717) is 25.7 Å². The molecule has 0 spiro atoms. The Labute approximate surface area is 116 Å². The molecular formula is C12H17NO4S2. The smallest absolute Gasteiger partial charge is 0.325 e. The molecule has 1 aromatic heterocycles. The molecule has 5 nitrogen and oxygen atoms in total. The molecule has 0 aliphatic carbocycles. The lowest BCUT2D eigenvalue weighted by atomic mass is 9.92. The first-order chi connectivity index (χ1) is 8.95. The molecule has 1 aliphatic heterocycles. The number of carboxylic acid groups (broad SMARTS) is 1. The van der Waals surface area contributed by atoms with Gasteiger partial charge in [0.1, 0.15) is 9.75 Å². The molecule has 0 amide bonds. The van der Waals surface area contributed by atoms with Gasteiger partial charge in [0.25, 0.3) is 10.0 Å². The molecular weight excluding hydrogens is 286 g/mol. The van der Waals surface area contributed by atoms with Crippen LogP contribution in [0.15, 0.2) is 21.7 Å². The van der Waals surface area contributed by atoms with Gasteiger partial charge in [0.05, 0.1) is 0 Å². The maximum absolute atomic E-state index is 12.6. The zero-order valence-corrected chi connectivity index (χ0v) is 12.3. The molecule has 7 heteroatoms. The summed E-state index contributed by atoms with van der Waals surface area (Å²) in [6.45, 7) is 2.16. The molecule has 106 valence electrons. The van der Waals surface area contributed by atoms with Crippen molar-refractivity contribution in [2.75, 3.05) is 6.54 Å². The van der Waals surface area contributed by atoms with Gasteiger partial charge >= 0.3 is 5.97 Å². The fourth-order valence-electron chi connectivity index (χ4n) is 2.71. The van der Waals surface area contributed by atoms with Crippen molar-refractivity contribution in [3.63, 3.8) is 0 Å². The summed E-state index contributed by atoms with van der Waals surface area (Å²) in [4.78, 5) is 11.6. The van der Waals surface area contributed by atoms with Crippen LogP contribution < -0.4 is 0 Å². The number of carboxylic acids is 1. The van der Waals surface area contributed by atoms with Gasteiger partial charge in [-0.1, -0.05) is 19.4 Å². The molecule has 2 rings (SSSR count). The highest BCUT2D eigenvalue weighted by molar-refractivity contribution is 7.91. The van der Waals surface area contributed by atoms with Gasteiger partial charge in [0, 0.05) is 6.54 Å². The number of hydrogen-bond donors (Lipinski definition) is 1. The monoisotopic (exact) mass is 303 g/mol. The largest absolute Gasteiger partial charge is 0.480 e. The zero-order chi connectivity index (χ0) is 14.1. The number of carbonyl (C=O) groups is 1. The lowest BCUT2D eigenvalue weighted by molar-refractivity contribution is -0.147. The predicted octanol–water partition coefficient (Wildman–Crippen LogP) is 2.16. The minimum Gasteiger partial charge on any atom is -0.480 e. The van der Waals surface area contributed by atoms with Crippen molar-refractivity contribution in [1.29, 1.82) is 0 Å². The molecule has 1 fully saturated rings. The highest BCUT2D eigenvalue weighted by Crippen LogP contribution is 2.39. The summed E-state index contributed by atoms with van der Waals surface area (Å²) >= 11 is 1.12. The third-order valence-electron chi connectivity index (χ3n) is 3.53. The van der Waals surface area contributed by atoms with E-state index in [1.165, 1.54) is 10.4 Å². The summed E-state index contributed by atoms with van der Waals surface area (Å²) in [5.41, 5.74) is -1.27. The summed E-state index contributed by atoms with van der Waals surface area (Å²) < 4.78 is 26.5. The van der Waals surface area contributed by atoms with E-state index < -0.39 is 21.5 Å². The lowest BCUT2D eigenvalue weighted by Crippen LogP contribution is -2.52. The third kappa shape index (κ3) is 2.30. The van der Waals surface area contributed by atoms with Crippen molar-refractivity contribution < 1.29 is 18.3 Å². The van der Waals surface area contributed by atoms with Gasteiger partial charge in [0.2, 0.25) is 0 Å². The second kappa shape index (κ2) is 5.22. The minimum atomic E-state index is -3.70. The summed E-state index contributed by atoms with van der Waals surface area (Å²) in [6, 6.07) is 3.19. The maximum Gasteiger partial charge on any atom is 0.325 e. The van der Waals surface area contributed by atoms with E-state index in [0.717, 1.165) is 11.3 Å². The van der Waals surface area contributed by atoms with E-state index in [2.05, 4.69) is 0 Å². The second-order valence-corrected chi connectivity index (χ2v) is 7.74. The topological polar surface area (TPSA) is 74.7 Å². The predicted molar refractivity (Wildman–Crippen MR) is 72.7 cm³/mol. The Morgan fingerprint density at radius 1 is 1.58 bits per heavy atom. The van der Waals surface area contributed by atoms with Crippen LogP contribution in [0.4, 0.5) is 0 Å². The van der Waals surface area contributed by atoms with Crippen LogP contribution in [-0.2, 0) is 14.8 Å². The summed E-state index contributed by atoms with van der Waals surface area (Å²) in [5, 5.41) is 11.2. The van der Waals surface area contributed by atoms with E-state index in [-0.39, 0.29) is 10.8 Å². The Balaban J connectivity index is 2.46. The highest BCUT2D eigenvalue weighted by atomic mass is 32.2. The Morgan fingerprint density at radius 3 is 2.84 bits per heavy atom. The van der Waals surface area contributed by atoms with E-state index in [1.54, 1.807) is 11.4 Å². The molecule has 0 bridgehead atoms. The van der Waals surface area contributed by atoms with Gasteiger partial charge in [0.15, 0.2) is 0 Å². The maximum atomic E-state index is 12.6. The Bertz CT molecular complexity index is 552. The van der Waals surface area contributed by atoms with Gasteiger partial charge in [-0.15, -0.1) is 11.3 Å². The first-order valence-corrected chi connectivity index (χ1v) is 8.57. The normalized spacial score (nSPS) is 24.7. The van der Waals surface area contributed by atoms with Gasteiger partial charge in [-0.25, -0.2) is 8.42 Å². The SMILES string of the molecule is CCCC1(C(=O)O)CCCN1S(=O)(=O)c1cccs1. The standard InChI is InChI=1S/C12H17NO4S2/c1-2-6-12(11(14)15)7-4-8-13(12)19(16,17)10-5-3-9-18-10/h3,5,9H,2,4,6-8H2,1H3,(H,14,15). The average molecular weight is 303 g/mol.